The van der Waals surface area contributed by atoms with Crippen LogP contribution in [-0.4, -0.2) is 34.3 Å². The Bertz CT molecular complexity index is 780. The summed E-state index contributed by atoms with van der Waals surface area (Å²) in [4.78, 5) is 2.64. The van der Waals surface area contributed by atoms with Crippen LogP contribution in [0.2, 0.25) is 0 Å². The highest BCUT2D eigenvalue weighted by molar-refractivity contribution is 5.96. The maximum Gasteiger partial charge on any atom is 0.0922 e. The van der Waals surface area contributed by atoms with E-state index in [0.717, 1.165) is 0 Å². The molecule has 2 bridgehead atoms. The first-order valence-corrected chi connectivity index (χ1v) is 8.36. The first kappa shape index (κ1) is 12.7. The molecule has 1 N–H and O–H groups in total. The molecule has 4 aliphatic rings. The van der Waals surface area contributed by atoms with E-state index in [2.05, 4.69) is 53.1 Å². The van der Waals surface area contributed by atoms with E-state index in [1.54, 1.807) is 0 Å². The number of hydrogen-bond donors (Lipinski definition) is 1. The van der Waals surface area contributed by atoms with E-state index < -0.39 is 0 Å². The van der Waals surface area contributed by atoms with Crippen molar-refractivity contribution in [3.8, 4) is 0 Å². The average Bonchev–Trinajstić information content (AvgIpc) is 3.12. The summed E-state index contributed by atoms with van der Waals surface area (Å²) < 4.78 is 2.32. The number of aryl methyl sites for hydroxylation is 1. The van der Waals surface area contributed by atoms with Gasteiger partial charge in [0.05, 0.1) is 17.8 Å². The zero-order chi connectivity index (χ0) is 14.8. The second-order valence-electron chi connectivity index (χ2n) is 6.97. The summed E-state index contributed by atoms with van der Waals surface area (Å²) in [5, 5.41) is 6.15. The number of benzene rings is 1. The van der Waals surface area contributed by atoms with E-state index in [9.17, 15) is 0 Å². The largest absolute Gasteiger partial charge is 0.348 e. The summed E-state index contributed by atoms with van der Waals surface area (Å²) in [6.45, 7) is 4.71. The van der Waals surface area contributed by atoms with Gasteiger partial charge in [-0.3, -0.25) is 4.90 Å². The number of para-hydroxylation sites is 1. The van der Waals surface area contributed by atoms with Crippen LogP contribution < -0.4 is 5.43 Å². The van der Waals surface area contributed by atoms with Gasteiger partial charge >= 0.3 is 0 Å². The number of fused-ring (bicyclic) bond motifs is 3. The molecule has 4 heteroatoms. The molecule has 4 nitrogen and oxygen atoms in total. The molecule has 6 rings (SSSR count). The smallest absolute Gasteiger partial charge is 0.0922 e. The van der Waals surface area contributed by atoms with Gasteiger partial charge in [0.2, 0.25) is 0 Å². The van der Waals surface area contributed by atoms with Gasteiger partial charge in [0.1, 0.15) is 0 Å². The average molecular weight is 294 g/mol. The number of rotatable bonds is 1. The van der Waals surface area contributed by atoms with E-state index in [-0.39, 0.29) is 0 Å². The third-order valence-electron chi connectivity index (χ3n) is 6.05. The Labute approximate surface area is 130 Å². The molecule has 3 fully saturated rings. The van der Waals surface area contributed by atoms with E-state index in [1.807, 2.05) is 0 Å². The number of nitrogens with one attached hydrogen (secondary N) is 1. The van der Waals surface area contributed by atoms with Gasteiger partial charge in [-0.25, -0.2) is 0 Å². The van der Waals surface area contributed by atoms with Crippen LogP contribution in [-0.2, 0) is 7.05 Å². The zero-order valence-electron chi connectivity index (χ0n) is 13.2. The number of nitrogens with zero attached hydrogens (tertiary/aromatic N) is 3. The molecule has 0 saturated carbocycles. The normalized spacial score (nSPS) is 32.9. The van der Waals surface area contributed by atoms with Gasteiger partial charge in [-0.2, -0.15) is 5.10 Å². The molecule has 0 radical (unpaired) electrons. The van der Waals surface area contributed by atoms with Crippen molar-refractivity contribution in [3.63, 3.8) is 0 Å². The summed E-state index contributed by atoms with van der Waals surface area (Å²) in [6, 6.07) is 9.53. The van der Waals surface area contributed by atoms with Crippen LogP contribution in [0.4, 0.5) is 0 Å². The van der Waals surface area contributed by atoms with Gasteiger partial charge in [0.25, 0.3) is 0 Å². The minimum absolute atomic E-state index is 0.309. The van der Waals surface area contributed by atoms with Crippen LogP contribution in [0.1, 0.15) is 30.1 Å². The Hall–Kier alpha value is -1.81. The molecule has 114 valence electrons. The number of hydrazone groups is 1. The zero-order valence-corrected chi connectivity index (χ0v) is 13.2. The fourth-order valence-electron chi connectivity index (χ4n) is 4.82. The van der Waals surface area contributed by atoms with Crippen molar-refractivity contribution in [1.29, 1.82) is 0 Å². The Morgan fingerprint density at radius 2 is 1.95 bits per heavy atom. The van der Waals surface area contributed by atoms with Crippen molar-refractivity contribution in [2.75, 3.05) is 13.1 Å². The molecular weight excluding hydrogens is 272 g/mol. The predicted molar refractivity (Wildman–Crippen MR) is 89.1 cm³/mol. The molecule has 0 amide bonds. The quantitative estimate of drug-likeness (QED) is 0.877. The molecule has 0 spiro atoms. The molecule has 1 aromatic carbocycles. The fraction of sp³-hybridized carbons (Fsp3) is 0.500. The summed E-state index contributed by atoms with van der Waals surface area (Å²) >= 11 is 0. The number of hydrogen-bond acceptors (Lipinski definition) is 3. The van der Waals surface area contributed by atoms with Crippen LogP contribution in [0, 0.1) is 12.8 Å². The Kier molecular flexibility index (Phi) is 2.51. The van der Waals surface area contributed by atoms with Gasteiger partial charge in [0.15, 0.2) is 0 Å². The van der Waals surface area contributed by atoms with Crippen molar-refractivity contribution in [2.24, 2.45) is 18.1 Å². The Balaban J connectivity index is 1.66. The highest BCUT2D eigenvalue weighted by atomic mass is 15.4. The highest BCUT2D eigenvalue weighted by Gasteiger charge is 2.47. The maximum absolute atomic E-state index is 4.77. The summed E-state index contributed by atoms with van der Waals surface area (Å²) in [5.74, 6) is 0.711. The highest BCUT2D eigenvalue weighted by Crippen LogP contribution is 2.42. The summed E-state index contributed by atoms with van der Waals surface area (Å²) in [7, 11) is 2.17. The van der Waals surface area contributed by atoms with E-state index >= 15 is 0 Å². The van der Waals surface area contributed by atoms with E-state index in [4.69, 9.17) is 5.10 Å². The molecule has 22 heavy (non-hydrogen) atoms. The summed E-state index contributed by atoms with van der Waals surface area (Å²) in [5.41, 5.74) is 9.03. The summed E-state index contributed by atoms with van der Waals surface area (Å²) in [6.07, 6.45) is 2.58. The van der Waals surface area contributed by atoms with Crippen molar-refractivity contribution in [3.05, 3.63) is 35.5 Å². The molecule has 2 unspecified atom stereocenters. The lowest BCUT2D eigenvalue weighted by molar-refractivity contribution is 0.134. The van der Waals surface area contributed by atoms with Gasteiger partial charge in [-0.05, 0) is 38.9 Å². The number of piperidine rings is 3. The lowest BCUT2D eigenvalue weighted by Gasteiger charge is -2.45. The minimum Gasteiger partial charge on any atom is -0.348 e. The van der Waals surface area contributed by atoms with Crippen LogP contribution in [0.15, 0.2) is 29.4 Å². The lowest BCUT2D eigenvalue weighted by atomic mass is 9.78. The predicted octanol–water partition coefficient (Wildman–Crippen LogP) is 2.58. The van der Waals surface area contributed by atoms with Crippen molar-refractivity contribution >= 4 is 16.6 Å². The molecule has 4 aliphatic heterocycles. The molecule has 3 saturated heterocycles. The molecule has 5 heterocycles. The number of aromatic nitrogens is 1. The van der Waals surface area contributed by atoms with Crippen LogP contribution in [0.5, 0.6) is 0 Å². The topological polar surface area (TPSA) is 32.6 Å². The molecular formula is C18H22N4. The van der Waals surface area contributed by atoms with Gasteiger partial charge in [-0.1, -0.05) is 18.2 Å². The monoisotopic (exact) mass is 294 g/mol. The lowest BCUT2D eigenvalue weighted by Crippen LogP contribution is -2.56. The van der Waals surface area contributed by atoms with Crippen molar-refractivity contribution in [1.82, 2.24) is 14.9 Å². The van der Waals surface area contributed by atoms with E-state index in [0.29, 0.717) is 18.0 Å². The second kappa shape index (κ2) is 4.35. The molecule has 2 atom stereocenters. The van der Waals surface area contributed by atoms with Gasteiger partial charge in [-0.15, -0.1) is 0 Å². The van der Waals surface area contributed by atoms with Gasteiger partial charge in [0, 0.05) is 35.1 Å². The molecule has 1 aromatic heterocycles. The van der Waals surface area contributed by atoms with E-state index in [1.165, 1.54) is 53.8 Å². The Morgan fingerprint density at radius 1 is 1.18 bits per heavy atom. The first-order chi connectivity index (χ1) is 10.8. The fourth-order valence-corrected chi connectivity index (χ4v) is 4.82. The standard InChI is InChI=1S/C18H22N4/c1-11-15(13-5-3-4-6-14(13)21(11)2)17-18-16(19-20-17)12-7-9-22(18)10-8-12/h3-6,12,17-18,20H,7-10H2,1-2H3. The Morgan fingerprint density at radius 3 is 2.77 bits per heavy atom. The minimum atomic E-state index is 0.309. The van der Waals surface area contributed by atoms with Crippen molar-refractivity contribution in [2.45, 2.75) is 31.8 Å². The SMILES string of the molecule is Cc1c(C2NN=C3C4CCN(CC4)C32)c2ccccc2n1C. The van der Waals surface area contributed by atoms with Crippen molar-refractivity contribution < 1.29 is 0 Å². The molecule has 2 aromatic rings. The van der Waals surface area contributed by atoms with Crippen LogP contribution in [0.25, 0.3) is 10.9 Å². The third kappa shape index (κ3) is 1.48. The van der Waals surface area contributed by atoms with Crippen LogP contribution >= 0.6 is 0 Å². The second-order valence-corrected chi connectivity index (χ2v) is 6.97. The maximum atomic E-state index is 4.77. The third-order valence-corrected chi connectivity index (χ3v) is 6.05. The van der Waals surface area contributed by atoms with Crippen LogP contribution in [0.3, 0.4) is 0 Å². The first-order valence-electron chi connectivity index (χ1n) is 8.36. The molecule has 0 aliphatic carbocycles. The van der Waals surface area contributed by atoms with Gasteiger partial charge < -0.3 is 9.99 Å².